The van der Waals surface area contributed by atoms with Gasteiger partial charge in [-0.25, -0.2) is 0 Å². The van der Waals surface area contributed by atoms with Gasteiger partial charge in [-0.2, -0.15) is 0 Å². The minimum absolute atomic E-state index is 1.20. The molecule has 0 nitrogen and oxygen atoms in total. The van der Waals surface area contributed by atoms with Crippen LogP contribution >= 0.6 is 92.4 Å². The Morgan fingerprint density at radius 3 is 0.727 bits per heavy atom. The smallest absolute Gasteiger partial charge is 0.0604 e. The summed E-state index contributed by atoms with van der Waals surface area (Å²) in [5, 5.41) is 0. The molecule has 8 heteroatoms. The van der Waals surface area contributed by atoms with Crippen molar-refractivity contribution in [1.82, 2.24) is 0 Å². The Bertz CT molecular complexity index is 1880. The van der Waals surface area contributed by atoms with Gasteiger partial charge < -0.3 is 0 Å². The topological polar surface area (TPSA) is 0 Å². The zero-order valence-electron chi connectivity index (χ0n) is 40.1. The molecular formula is C58H78S8. The van der Waals surface area contributed by atoms with E-state index in [0.717, 1.165) is 0 Å². The summed E-state index contributed by atoms with van der Waals surface area (Å²) in [5.41, 5.74) is 0. The number of thioether (sulfide) groups is 4. The van der Waals surface area contributed by atoms with E-state index in [2.05, 4.69) is 160 Å². The lowest BCUT2D eigenvalue weighted by Gasteiger charge is -2.01. The second-order valence-corrected chi connectivity index (χ2v) is 26.4. The third-order valence-corrected chi connectivity index (χ3v) is 20.0. The molecular weight excluding hydrogens is 953 g/mol. The predicted octanol–water partition coefficient (Wildman–Crippen LogP) is 22.5. The van der Waals surface area contributed by atoms with Gasteiger partial charge in [-0.15, -0.1) is 92.4 Å². The molecule has 4 heterocycles. The van der Waals surface area contributed by atoms with Gasteiger partial charge in [-0.1, -0.05) is 189 Å². The largest absolute Gasteiger partial charge is 0.129 e. The highest BCUT2D eigenvalue weighted by Crippen LogP contribution is 2.32. The first-order valence-electron chi connectivity index (χ1n) is 25.0. The van der Waals surface area contributed by atoms with E-state index < -0.39 is 0 Å². The molecule has 0 aliphatic carbocycles. The molecule has 0 amide bonds. The summed E-state index contributed by atoms with van der Waals surface area (Å²) in [6.07, 6.45) is 61.8. The van der Waals surface area contributed by atoms with Crippen LogP contribution in [0.4, 0.5) is 0 Å². The summed E-state index contributed by atoms with van der Waals surface area (Å²) < 4.78 is 5.72. The van der Waals surface area contributed by atoms with Crippen molar-refractivity contribution >= 4 is 117 Å². The summed E-state index contributed by atoms with van der Waals surface area (Å²) in [4.78, 5) is 5.29. The standard InChI is InChI=1S/C58H78S8/c1-3-5-7-9-11-17-23-31-47-59-55-43-39-51(63-55)35-27-19-13-15-21-29-37-53-41-45-57(65-53)61-49-33-25-26-34-50-62-58-46-42-54(66-58)38-30-22-16-14-20-28-36-52-40-44-56(64-52)60-48-32-24-18-12-10-8-6-4-2/h13-16,19-22,27-30,35-46H,3-12,17-18,23-26,31-34,47-50H2,1-2H3/b19-13+,20-14+,21-15+,22-16+,35-27+,36-28+,37-29+,38-30+. The van der Waals surface area contributed by atoms with Gasteiger partial charge in [0, 0.05) is 19.5 Å². The highest BCUT2D eigenvalue weighted by atomic mass is 32.2. The van der Waals surface area contributed by atoms with E-state index in [1.807, 2.05) is 92.4 Å². The molecule has 4 aromatic rings. The van der Waals surface area contributed by atoms with Gasteiger partial charge in [0.05, 0.1) is 16.8 Å². The minimum Gasteiger partial charge on any atom is -0.129 e. The Morgan fingerprint density at radius 1 is 0.273 bits per heavy atom. The van der Waals surface area contributed by atoms with E-state index in [1.54, 1.807) is 0 Å². The predicted molar refractivity (Wildman–Crippen MR) is 317 cm³/mol. The number of hydrogen-bond donors (Lipinski definition) is 0. The summed E-state index contributed by atoms with van der Waals surface area (Å²) in [7, 11) is 0. The molecule has 0 saturated carbocycles. The fraction of sp³-hybridized carbons (Fsp3) is 0.448. The van der Waals surface area contributed by atoms with Crippen LogP contribution in [0.15, 0.2) is 138 Å². The maximum atomic E-state index is 2.29. The number of rotatable bonds is 39. The molecule has 0 fully saturated rings. The quantitative estimate of drug-likeness (QED) is 0.0248. The molecule has 0 aliphatic heterocycles. The van der Waals surface area contributed by atoms with Crippen LogP contribution in [0.1, 0.15) is 162 Å². The molecule has 0 unspecified atom stereocenters. The van der Waals surface area contributed by atoms with Gasteiger partial charge in [0.15, 0.2) is 0 Å². The fourth-order valence-corrected chi connectivity index (χ4v) is 15.4. The molecule has 4 aromatic heterocycles. The number of thiophene rings is 4. The second-order valence-electron chi connectivity index (χ2n) is 16.4. The van der Waals surface area contributed by atoms with Gasteiger partial charge in [0.25, 0.3) is 0 Å². The molecule has 0 saturated heterocycles. The van der Waals surface area contributed by atoms with Crippen LogP contribution in [-0.4, -0.2) is 23.0 Å². The molecule has 0 N–H and O–H groups in total. The molecule has 0 atom stereocenters. The molecule has 66 heavy (non-hydrogen) atoms. The monoisotopic (exact) mass is 1030 g/mol. The van der Waals surface area contributed by atoms with Gasteiger partial charge in [0.1, 0.15) is 0 Å². The van der Waals surface area contributed by atoms with Crippen LogP contribution in [0, 0.1) is 0 Å². The van der Waals surface area contributed by atoms with Crippen LogP contribution < -0.4 is 0 Å². The first-order valence-corrected chi connectivity index (χ1v) is 32.2. The highest BCUT2D eigenvalue weighted by molar-refractivity contribution is 8.01. The van der Waals surface area contributed by atoms with Gasteiger partial charge >= 0.3 is 0 Å². The second kappa shape index (κ2) is 39.9. The van der Waals surface area contributed by atoms with Crippen molar-refractivity contribution < 1.29 is 0 Å². The fourth-order valence-electron chi connectivity index (χ4n) is 6.84. The van der Waals surface area contributed by atoms with Crippen LogP contribution in [0.5, 0.6) is 0 Å². The number of allylic oxidation sites excluding steroid dienone is 12. The maximum Gasteiger partial charge on any atom is 0.0604 e. The van der Waals surface area contributed by atoms with E-state index in [4.69, 9.17) is 0 Å². The average Bonchev–Trinajstić information content (AvgIpc) is 4.17. The molecule has 358 valence electrons. The Morgan fingerprint density at radius 2 is 0.485 bits per heavy atom. The van der Waals surface area contributed by atoms with Crippen LogP contribution in [-0.2, 0) is 0 Å². The van der Waals surface area contributed by atoms with Gasteiger partial charge in [-0.05, 0) is 122 Å². The molecule has 4 rings (SSSR count). The van der Waals surface area contributed by atoms with Crippen LogP contribution in [0.3, 0.4) is 0 Å². The van der Waals surface area contributed by atoms with Crippen molar-refractivity contribution in [1.29, 1.82) is 0 Å². The normalized spacial score (nSPS) is 12.7. The molecule has 0 spiro atoms. The van der Waals surface area contributed by atoms with Gasteiger partial charge in [0.2, 0.25) is 0 Å². The highest BCUT2D eigenvalue weighted by Gasteiger charge is 2.03. The van der Waals surface area contributed by atoms with E-state index in [-0.39, 0.29) is 0 Å². The first kappa shape index (κ1) is 56.7. The lowest BCUT2D eigenvalue weighted by atomic mass is 10.1. The van der Waals surface area contributed by atoms with Crippen LogP contribution in [0.25, 0.3) is 24.3 Å². The van der Waals surface area contributed by atoms with E-state index in [9.17, 15) is 0 Å². The van der Waals surface area contributed by atoms with Gasteiger partial charge in [-0.3, -0.25) is 0 Å². The SMILES string of the molecule is CCCCCCCCCCSc1ccc(/C=C/C=C/C=C/C=C/c2ccc(SCCCCCCSc3ccc(/C=C/C=C/C=C/C=C/c4ccc(SCCCCCCCCCC)s4)s3)s2)s1. The Labute approximate surface area is 435 Å². The number of unbranched alkanes of at least 4 members (excludes halogenated alkanes) is 17. The third-order valence-electron chi connectivity index (χ3n) is 10.6. The molecule has 0 aromatic carbocycles. The zero-order valence-corrected chi connectivity index (χ0v) is 46.6. The van der Waals surface area contributed by atoms with Crippen molar-refractivity contribution in [3.8, 4) is 0 Å². The van der Waals surface area contributed by atoms with Crippen molar-refractivity contribution in [3.63, 3.8) is 0 Å². The lowest BCUT2D eigenvalue weighted by Crippen LogP contribution is -1.83. The Hall–Kier alpha value is -1.88. The van der Waals surface area contributed by atoms with E-state index in [0.29, 0.717) is 0 Å². The van der Waals surface area contributed by atoms with Crippen molar-refractivity contribution in [2.45, 2.75) is 159 Å². The van der Waals surface area contributed by atoms with E-state index in [1.165, 1.54) is 188 Å². The van der Waals surface area contributed by atoms with Crippen molar-refractivity contribution in [3.05, 3.63) is 141 Å². The van der Waals surface area contributed by atoms with Crippen molar-refractivity contribution in [2.24, 2.45) is 0 Å². The lowest BCUT2D eigenvalue weighted by molar-refractivity contribution is 0.586. The summed E-state index contributed by atoms with van der Waals surface area (Å²) in [5.74, 6) is 4.90. The van der Waals surface area contributed by atoms with E-state index >= 15 is 0 Å². The summed E-state index contributed by atoms with van der Waals surface area (Å²) in [6, 6.07) is 18.1. The Kier molecular flexibility index (Phi) is 34.3. The zero-order chi connectivity index (χ0) is 46.2. The molecule has 0 bridgehead atoms. The third kappa shape index (κ3) is 29.2. The molecule has 0 aliphatic rings. The average molecular weight is 1030 g/mol. The molecule has 0 radical (unpaired) electrons. The van der Waals surface area contributed by atoms with Crippen molar-refractivity contribution in [2.75, 3.05) is 23.0 Å². The maximum absolute atomic E-state index is 2.29. The van der Waals surface area contributed by atoms with Crippen LogP contribution in [0.2, 0.25) is 0 Å². The summed E-state index contributed by atoms with van der Waals surface area (Å²) >= 11 is 15.7. The first-order chi connectivity index (χ1) is 32.7. The number of hydrogen-bond acceptors (Lipinski definition) is 8. The Balaban J connectivity index is 0.952. The minimum atomic E-state index is 1.20. The summed E-state index contributed by atoms with van der Waals surface area (Å²) in [6.45, 7) is 4.58.